The fraction of sp³-hybridized carbons (Fsp3) is 0.455. The van der Waals surface area contributed by atoms with Gasteiger partial charge in [0.15, 0.2) is 11.5 Å². The van der Waals surface area contributed by atoms with Gasteiger partial charge in [0.25, 0.3) is 11.8 Å². The molecule has 4 rings (SSSR count). The minimum absolute atomic E-state index is 0.131. The van der Waals surface area contributed by atoms with Gasteiger partial charge in [-0.05, 0) is 55.9 Å². The summed E-state index contributed by atoms with van der Waals surface area (Å²) in [5.41, 5.74) is -0.0149. The van der Waals surface area contributed by atoms with Gasteiger partial charge in [-0.3, -0.25) is 14.6 Å². The van der Waals surface area contributed by atoms with Crippen LogP contribution in [0.5, 0.6) is 0 Å². The fourth-order valence-electron chi connectivity index (χ4n) is 4.29. The number of piperidine rings is 1. The SMILES string of the molecule is O=C(NCC1CCOC2(CCN(C(=O)c3ncccc3F)CC2)C1)c1ccccn1. The van der Waals surface area contributed by atoms with Gasteiger partial charge in [-0.1, -0.05) is 6.07 Å². The van der Waals surface area contributed by atoms with Crippen molar-refractivity contribution in [1.29, 1.82) is 0 Å². The van der Waals surface area contributed by atoms with Gasteiger partial charge in [0.1, 0.15) is 5.69 Å². The fourth-order valence-corrected chi connectivity index (χ4v) is 4.29. The Hall–Kier alpha value is -2.87. The molecule has 1 spiro atoms. The lowest BCUT2D eigenvalue weighted by atomic mass is 9.79. The largest absolute Gasteiger partial charge is 0.375 e. The molecule has 2 aliphatic heterocycles. The number of hydrogen-bond donors (Lipinski definition) is 1. The van der Waals surface area contributed by atoms with E-state index in [2.05, 4.69) is 15.3 Å². The van der Waals surface area contributed by atoms with E-state index in [1.165, 1.54) is 18.3 Å². The zero-order valence-corrected chi connectivity index (χ0v) is 16.7. The van der Waals surface area contributed by atoms with E-state index in [4.69, 9.17) is 4.74 Å². The van der Waals surface area contributed by atoms with Crippen LogP contribution in [0.15, 0.2) is 42.7 Å². The highest BCUT2D eigenvalue weighted by Crippen LogP contribution is 2.37. The minimum atomic E-state index is -0.597. The number of rotatable bonds is 4. The van der Waals surface area contributed by atoms with E-state index in [9.17, 15) is 14.0 Å². The molecule has 158 valence electrons. The van der Waals surface area contributed by atoms with Crippen LogP contribution in [0.3, 0.4) is 0 Å². The van der Waals surface area contributed by atoms with E-state index in [1.807, 2.05) is 0 Å². The van der Waals surface area contributed by atoms with Gasteiger partial charge in [-0.2, -0.15) is 0 Å². The molecule has 0 bridgehead atoms. The van der Waals surface area contributed by atoms with Gasteiger partial charge in [-0.15, -0.1) is 0 Å². The number of hydrogen-bond acceptors (Lipinski definition) is 5. The van der Waals surface area contributed by atoms with E-state index in [-0.39, 0.29) is 23.1 Å². The van der Waals surface area contributed by atoms with Crippen molar-refractivity contribution in [3.63, 3.8) is 0 Å². The molecule has 2 amide bonds. The third-order valence-electron chi connectivity index (χ3n) is 5.97. The molecule has 1 N–H and O–H groups in total. The maximum Gasteiger partial charge on any atom is 0.275 e. The lowest BCUT2D eigenvalue weighted by molar-refractivity contribution is -0.122. The lowest BCUT2D eigenvalue weighted by Gasteiger charge is -2.46. The second kappa shape index (κ2) is 8.87. The number of carbonyl (C=O) groups is 2. The summed E-state index contributed by atoms with van der Waals surface area (Å²) in [6.45, 7) is 2.21. The molecular formula is C22H25FN4O3. The predicted octanol–water partition coefficient (Wildman–Crippen LogP) is 2.45. The first-order valence-electron chi connectivity index (χ1n) is 10.3. The molecule has 1 atom stereocenters. The normalized spacial score (nSPS) is 20.7. The summed E-state index contributed by atoms with van der Waals surface area (Å²) >= 11 is 0. The van der Waals surface area contributed by atoms with Gasteiger partial charge in [0, 0.05) is 38.6 Å². The monoisotopic (exact) mass is 412 g/mol. The molecule has 2 aliphatic rings. The average molecular weight is 412 g/mol. The zero-order chi connectivity index (χ0) is 21.0. The molecule has 1 unspecified atom stereocenters. The summed E-state index contributed by atoms with van der Waals surface area (Å²) in [6, 6.07) is 7.98. The molecule has 30 heavy (non-hydrogen) atoms. The van der Waals surface area contributed by atoms with Crippen LogP contribution in [0.2, 0.25) is 0 Å². The van der Waals surface area contributed by atoms with Crippen LogP contribution in [0.4, 0.5) is 4.39 Å². The maximum atomic E-state index is 13.9. The Morgan fingerprint density at radius 3 is 2.70 bits per heavy atom. The molecule has 2 aromatic rings. The standard InChI is InChI=1S/C22H25FN4O3/c23-17-4-3-10-25-19(17)21(29)27-11-7-22(8-12-27)14-16(6-13-30-22)15-26-20(28)18-5-1-2-9-24-18/h1-5,9-10,16H,6-8,11-15H2,(H,26,28). The van der Waals surface area contributed by atoms with Crippen molar-refractivity contribution in [1.82, 2.24) is 20.2 Å². The maximum absolute atomic E-state index is 13.9. The van der Waals surface area contributed by atoms with E-state index < -0.39 is 5.82 Å². The molecule has 0 aliphatic carbocycles. The number of nitrogens with one attached hydrogen (secondary N) is 1. The van der Waals surface area contributed by atoms with Crippen LogP contribution in [0.1, 0.15) is 46.7 Å². The van der Waals surface area contributed by atoms with Gasteiger partial charge >= 0.3 is 0 Å². The molecule has 0 aromatic carbocycles. The third-order valence-corrected chi connectivity index (χ3v) is 5.97. The Labute approximate surface area is 174 Å². The van der Waals surface area contributed by atoms with Crippen molar-refractivity contribution in [2.24, 2.45) is 5.92 Å². The Balaban J connectivity index is 1.31. The molecule has 8 heteroatoms. The quantitative estimate of drug-likeness (QED) is 0.834. The average Bonchev–Trinajstić information content (AvgIpc) is 2.79. The summed E-state index contributed by atoms with van der Waals surface area (Å²) in [5, 5.41) is 2.97. The Kier molecular flexibility index (Phi) is 6.03. The summed E-state index contributed by atoms with van der Waals surface area (Å²) < 4.78 is 20.0. The van der Waals surface area contributed by atoms with Crippen LogP contribution in [0.25, 0.3) is 0 Å². The second-order valence-electron chi connectivity index (χ2n) is 7.94. The summed E-state index contributed by atoms with van der Waals surface area (Å²) in [4.78, 5) is 34.5. The van der Waals surface area contributed by atoms with Crippen molar-refractivity contribution >= 4 is 11.8 Å². The summed E-state index contributed by atoms with van der Waals surface area (Å²) in [6.07, 6.45) is 6.12. The molecule has 0 saturated carbocycles. The first-order chi connectivity index (χ1) is 14.6. The van der Waals surface area contributed by atoms with Crippen LogP contribution in [-0.4, -0.2) is 58.5 Å². The molecule has 4 heterocycles. The van der Waals surface area contributed by atoms with E-state index in [1.54, 1.807) is 29.3 Å². The molecule has 2 fully saturated rings. The van der Waals surface area contributed by atoms with Crippen molar-refractivity contribution < 1.29 is 18.7 Å². The predicted molar refractivity (Wildman–Crippen MR) is 107 cm³/mol. The third kappa shape index (κ3) is 4.48. The summed E-state index contributed by atoms with van der Waals surface area (Å²) in [7, 11) is 0. The van der Waals surface area contributed by atoms with Crippen molar-refractivity contribution in [2.75, 3.05) is 26.2 Å². The van der Waals surface area contributed by atoms with Gasteiger partial charge in [-0.25, -0.2) is 9.37 Å². The number of pyridine rings is 2. The number of amides is 2. The Bertz CT molecular complexity index is 900. The number of aromatic nitrogens is 2. The van der Waals surface area contributed by atoms with E-state index in [0.717, 1.165) is 12.8 Å². The topological polar surface area (TPSA) is 84.4 Å². The number of likely N-dealkylation sites (tertiary alicyclic amines) is 1. The highest BCUT2D eigenvalue weighted by molar-refractivity contribution is 5.92. The molecule has 2 saturated heterocycles. The molecule has 0 radical (unpaired) electrons. The number of carbonyl (C=O) groups excluding carboxylic acids is 2. The molecular weight excluding hydrogens is 387 g/mol. The highest BCUT2D eigenvalue weighted by atomic mass is 19.1. The lowest BCUT2D eigenvalue weighted by Crippen LogP contribution is -2.52. The van der Waals surface area contributed by atoms with E-state index >= 15 is 0 Å². The summed E-state index contributed by atoms with van der Waals surface area (Å²) in [5.74, 6) is -0.839. The van der Waals surface area contributed by atoms with Crippen LogP contribution >= 0.6 is 0 Å². The Morgan fingerprint density at radius 1 is 1.17 bits per heavy atom. The highest BCUT2D eigenvalue weighted by Gasteiger charge is 2.41. The molecule has 7 nitrogen and oxygen atoms in total. The minimum Gasteiger partial charge on any atom is -0.375 e. The van der Waals surface area contributed by atoms with Crippen LogP contribution in [0, 0.1) is 11.7 Å². The first kappa shape index (κ1) is 20.4. The molecule has 2 aromatic heterocycles. The zero-order valence-electron chi connectivity index (χ0n) is 16.7. The number of ether oxygens (including phenoxy) is 1. The van der Waals surface area contributed by atoms with Crippen molar-refractivity contribution in [2.45, 2.75) is 31.3 Å². The van der Waals surface area contributed by atoms with Crippen molar-refractivity contribution in [3.8, 4) is 0 Å². The number of halogens is 1. The smallest absolute Gasteiger partial charge is 0.275 e. The van der Waals surface area contributed by atoms with Gasteiger partial charge < -0.3 is 15.0 Å². The van der Waals surface area contributed by atoms with Crippen LogP contribution < -0.4 is 5.32 Å². The number of nitrogens with zero attached hydrogens (tertiary/aromatic N) is 3. The van der Waals surface area contributed by atoms with Crippen LogP contribution in [-0.2, 0) is 4.74 Å². The van der Waals surface area contributed by atoms with Crippen molar-refractivity contribution in [3.05, 3.63) is 59.9 Å². The second-order valence-corrected chi connectivity index (χ2v) is 7.94. The van der Waals surface area contributed by atoms with Gasteiger partial charge in [0.05, 0.1) is 5.60 Å². The van der Waals surface area contributed by atoms with Gasteiger partial charge in [0.2, 0.25) is 0 Å². The first-order valence-corrected chi connectivity index (χ1v) is 10.3. The Morgan fingerprint density at radius 2 is 1.97 bits per heavy atom. The van der Waals surface area contributed by atoms with E-state index in [0.29, 0.717) is 50.7 Å².